The molecule has 0 aliphatic carbocycles. The molecule has 7 nitrogen and oxygen atoms in total. The molecule has 0 unspecified atom stereocenters. The number of anilines is 1. The molecule has 2 aromatic carbocycles. The lowest BCUT2D eigenvalue weighted by molar-refractivity contribution is -0.138. The summed E-state index contributed by atoms with van der Waals surface area (Å²) in [5, 5.41) is 9.01. The zero-order valence-electron chi connectivity index (χ0n) is 19.0. The summed E-state index contributed by atoms with van der Waals surface area (Å²) < 4.78 is 52.1. The van der Waals surface area contributed by atoms with Crippen LogP contribution in [0.3, 0.4) is 0 Å². The average molecular weight is 503 g/mol. The van der Waals surface area contributed by atoms with Crippen molar-refractivity contribution >= 4 is 22.9 Å². The molecule has 11 heteroatoms. The lowest BCUT2D eigenvalue weighted by Crippen LogP contribution is -2.15. The summed E-state index contributed by atoms with van der Waals surface area (Å²) in [5.74, 6) is -0.497. The summed E-state index contributed by atoms with van der Waals surface area (Å²) in [5.41, 5.74) is -0.225. The third-order valence-electron chi connectivity index (χ3n) is 4.79. The average Bonchev–Trinajstić information content (AvgIpc) is 3.48. The van der Waals surface area contributed by atoms with Crippen molar-refractivity contribution in [3.8, 4) is 28.1 Å². The summed E-state index contributed by atoms with van der Waals surface area (Å²) >= 11 is 1.48. The summed E-state index contributed by atoms with van der Waals surface area (Å²) in [6, 6.07) is 13.9. The van der Waals surface area contributed by atoms with Crippen LogP contribution in [-0.2, 0) is 6.18 Å². The highest BCUT2D eigenvalue weighted by molar-refractivity contribution is 7.13. The van der Waals surface area contributed by atoms with Crippen LogP contribution in [0.25, 0.3) is 16.4 Å². The van der Waals surface area contributed by atoms with Gasteiger partial charge in [0.05, 0.1) is 29.3 Å². The van der Waals surface area contributed by atoms with Gasteiger partial charge < -0.3 is 14.8 Å². The zero-order chi connectivity index (χ0) is 25.2. The maximum atomic E-state index is 13.3. The van der Waals surface area contributed by atoms with Gasteiger partial charge in [0.15, 0.2) is 5.82 Å². The van der Waals surface area contributed by atoms with Crippen molar-refractivity contribution in [2.24, 2.45) is 0 Å². The quantitative estimate of drug-likeness (QED) is 0.332. The minimum Gasteiger partial charge on any atom is -0.496 e. The fourth-order valence-electron chi connectivity index (χ4n) is 3.29. The van der Waals surface area contributed by atoms with Crippen LogP contribution >= 0.6 is 11.3 Å². The molecule has 0 saturated heterocycles. The van der Waals surface area contributed by atoms with Crippen LogP contribution in [-0.4, -0.2) is 33.9 Å². The van der Waals surface area contributed by atoms with E-state index in [1.807, 2.05) is 31.4 Å². The van der Waals surface area contributed by atoms with Crippen molar-refractivity contribution in [1.29, 1.82) is 0 Å². The summed E-state index contributed by atoms with van der Waals surface area (Å²) in [6.45, 7) is 3.73. The van der Waals surface area contributed by atoms with Crippen molar-refractivity contribution in [2.45, 2.75) is 26.1 Å². The first-order valence-corrected chi connectivity index (χ1v) is 11.4. The number of hydrogen-bond acceptors (Lipinski definition) is 6. The first-order valence-electron chi connectivity index (χ1n) is 10.5. The molecule has 4 rings (SSSR count). The van der Waals surface area contributed by atoms with Crippen LogP contribution in [0.4, 0.5) is 18.9 Å². The number of halogens is 3. The SMILES string of the molecule is COc1ccc(C(=O)Nc2cccc(-n3nc(OC(C)C)nc3-c3cccs3)c2)cc1C(F)(F)F. The number of rotatable bonds is 7. The highest BCUT2D eigenvalue weighted by Crippen LogP contribution is 2.37. The number of alkyl halides is 3. The Hall–Kier alpha value is -3.86. The molecule has 0 atom stereocenters. The monoisotopic (exact) mass is 502 g/mol. The maximum Gasteiger partial charge on any atom is 0.419 e. The first-order chi connectivity index (χ1) is 16.7. The van der Waals surface area contributed by atoms with Crippen molar-refractivity contribution in [1.82, 2.24) is 14.8 Å². The molecular weight excluding hydrogens is 481 g/mol. The number of aromatic nitrogens is 3. The molecule has 2 aromatic heterocycles. The maximum absolute atomic E-state index is 13.3. The van der Waals surface area contributed by atoms with Crippen molar-refractivity contribution < 1.29 is 27.4 Å². The van der Waals surface area contributed by atoms with E-state index in [9.17, 15) is 18.0 Å². The highest BCUT2D eigenvalue weighted by Gasteiger charge is 2.35. The van der Waals surface area contributed by atoms with Crippen LogP contribution in [0.5, 0.6) is 11.8 Å². The number of nitrogens with zero attached hydrogens (tertiary/aromatic N) is 3. The molecule has 1 amide bonds. The molecule has 0 aliphatic heterocycles. The number of hydrogen-bond donors (Lipinski definition) is 1. The van der Waals surface area contributed by atoms with E-state index < -0.39 is 17.6 Å². The van der Waals surface area contributed by atoms with Crippen molar-refractivity contribution in [3.05, 3.63) is 71.1 Å². The Bertz CT molecular complexity index is 1330. The predicted molar refractivity (Wildman–Crippen MR) is 126 cm³/mol. The second-order valence-corrected chi connectivity index (χ2v) is 8.64. The van der Waals surface area contributed by atoms with E-state index in [1.54, 1.807) is 28.9 Å². The lowest BCUT2D eigenvalue weighted by atomic mass is 10.1. The van der Waals surface area contributed by atoms with Gasteiger partial charge in [0.25, 0.3) is 5.91 Å². The van der Waals surface area contributed by atoms with Crippen LogP contribution in [0.15, 0.2) is 60.0 Å². The lowest BCUT2D eigenvalue weighted by Gasteiger charge is -2.14. The van der Waals surface area contributed by atoms with Crippen molar-refractivity contribution in [2.75, 3.05) is 12.4 Å². The molecule has 182 valence electrons. The highest BCUT2D eigenvalue weighted by atomic mass is 32.1. The third kappa shape index (κ3) is 5.46. The number of methoxy groups -OCH3 is 1. The Morgan fingerprint density at radius 2 is 1.91 bits per heavy atom. The largest absolute Gasteiger partial charge is 0.496 e. The number of thiophene rings is 1. The van der Waals surface area contributed by atoms with Gasteiger partial charge in [-0.2, -0.15) is 18.2 Å². The molecule has 0 saturated carbocycles. The van der Waals surface area contributed by atoms with Gasteiger partial charge in [0.1, 0.15) is 5.75 Å². The van der Waals surface area contributed by atoms with E-state index in [0.717, 1.165) is 24.1 Å². The van der Waals surface area contributed by atoms with Crippen LogP contribution in [0, 0.1) is 0 Å². The normalized spacial score (nSPS) is 11.5. The Morgan fingerprint density at radius 3 is 2.57 bits per heavy atom. The smallest absolute Gasteiger partial charge is 0.419 e. The predicted octanol–water partition coefficient (Wildman–Crippen LogP) is 6.06. The standard InChI is InChI=1S/C24H21F3N4O3S/c1-14(2)34-23-29-21(20-8-5-11-35-20)31(30-23)17-7-4-6-16(13-17)28-22(32)15-9-10-19(33-3)18(12-15)24(25,26)27/h4-14H,1-3H3,(H,28,32). The second kappa shape index (κ2) is 9.79. The summed E-state index contributed by atoms with van der Waals surface area (Å²) in [4.78, 5) is 18.1. The molecule has 2 heterocycles. The van der Waals surface area contributed by atoms with Gasteiger partial charge in [0, 0.05) is 11.3 Å². The van der Waals surface area contributed by atoms with E-state index >= 15 is 0 Å². The van der Waals surface area contributed by atoms with Crippen LogP contribution < -0.4 is 14.8 Å². The Labute approximate surface area is 203 Å². The number of ether oxygens (including phenoxy) is 2. The fourth-order valence-corrected chi connectivity index (χ4v) is 3.99. The molecule has 35 heavy (non-hydrogen) atoms. The molecule has 0 fully saturated rings. The number of carbonyl (C=O) groups excluding carboxylic acids is 1. The van der Waals surface area contributed by atoms with E-state index in [1.165, 1.54) is 17.4 Å². The number of carbonyl (C=O) groups is 1. The molecule has 4 aromatic rings. The Balaban J connectivity index is 1.65. The van der Waals surface area contributed by atoms with E-state index in [0.29, 0.717) is 17.2 Å². The van der Waals surface area contributed by atoms with Gasteiger partial charge in [-0.1, -0.05) is 12.1 Å². The van der Waals surface area contributed by atoms with Gasteiger partial charge in [-0.15, -0.1) is 16.4 Å². The van der Waals surface area contributed by atoms with Gasteiger partial charge in [-0.05, 0) is 61.7 Å². The number of benzene rings is 2. The second-order valence-electron chi connectivity index (χ2n) is 7.69. The fraction of sp³-hybridized carbons (Fsp3) is 0.208. The first kappa shape index (κ1) is 24.3. The minimum atomic E-state index is -4.66. The van der Waals surface area contributed by atoms with Gasteiger partial charge in [-0.3, -0.25) is 4.79 Å². The molecule has 0 spiro atoms. The number of amides is 1. The third-order valence-corrected chi connectivity index (χ3v) is 5.65. The molecule has 0 bridgehead atoms. The van der Waals surface area contributed by atoms with Gasteiger partial charge in [0.2, 0.25) is 0 Å². The molecule has 0 aliphatic rings. The molecule has 1 N–H and O–H groups in total. The Kier molecular flexibility index (Phi) is 6.79. The van der Waals surface area contributed by atoms with Gasteiger partial charge >= 0.3 is 12.2 Å². The minimum absolute atomic E-state index is 0.126. The Morgan fingerprint density at radius 1 is 1.11 bits per heavy atom. The van der Waals surface area contributed by atoms with Gasteiger partial charge in [-0.25, -0.2) is 4.68 Å². The molecule has 0 radical (unpaired) electrons. The summed E-state index contributed by atoms with van der Waals surface area (Å²) in [7, 11) is 1.14. The summed E-state index contributed by atoms with van der Waals surface area (Å²) in [6.07, 6.45) is -4.79. The van der Waals surface area contributed by atoms with E-state index in [4.69, 9.17) is 9.47 Å². The van der Waals surface area contributed by atoms with E-state index in [2.05, 4.69) is 15.4 Å². The number of nitrogens with one attached hydrogen (secondary N) is 1. The molecular formula is C24H21F3N4O3S. The van der Waals surface area contributed by atoms with Crippen LogP contribution in [0.2, 0.25) is 0 Å². The topological polar surface area (TPSA) is 78.3 Å². The van der Waals surface area contributed by atoms with E-state index in [-0.39, 0.29) is 23.4 Å². The van der Waals surface area contributed by atoms with Crippen LogP contribution in [0.1, 0.15) is 29.8 Å². The zero-order valence-corrected chi connectivity index (χ0v) is 19.8. The van der Waals surface area contributed by atoms with Crippen molar-refractivity contribution in [3.63, 3.8) is 0 Å².